The molecule has 1 aromatic carbocycles. The molecule has 1 aromatic rings. The Morgan fingerprint density at radius 2 is 2.05 bits per heavy atom. The van der Waals surface area contributed by atoms with E-state index in [1.165, 1.54) is 11.8 Å². The summed E-state index contributed by atoms with van der Waals surface area (Å²) in [6.07, 6.45) is 5.11. The molecule has 1 saturated heterocycles. The lowest BCUT2D eigenvalue weighted by atomic mass is 9.91. The van der Waals surface area contributed by atoms with Gasteiger partial charge in [-0.25, -0.2) is 12.7 Å². The first-order chi connectivity index (χ1) is 9.95. The van der Waals surface area contributed by atoms with Gasteiger partial charge in [-0.05, 0) is 43.6 Å². The van der Waals surface area contributed by atoms with Gasteiger partial charge in [-0.1, -0.05) is 30.3 Å². The van der Waals surface area contributed by atoms with Crippen molar-refractivity contribution in [3.05, 3.63) is 35.9 Å². The van der Waals surface area contributed by atoms with Crippen molar-refractivity contribution in [1.82, 2.24) is 4.31 Å². The molecule has 1 aliphatic heterocycles. The summed E-state index contributed by atoms with van der Waals surface area (Å²) >= 11 is 0. The summed E-state index contributed by atoms with van der Waals surface area (Å²) in [6, 6.07) is 10.1. The van der Waals surface area contributed by atoms with E-state index in [2.05, 4.69) is 12.1 Å². The molecule has 0 aromatic heterocycles. The van der Waals surface area contributed by atoms with Gasteiger partial charge in [-0.15, -0.1) is 0 Å². The minimum absolute atomic E-state index is 0.277. The molecular formula is C16H25NO3S. The van der Waals surface area contributed by atoms with Gasteiger partial charge in [0, 0.05) is 13.1 Å². The minimum atomic E-state index is -3.10. The van der Waals surface area contributed by atoms with E-state index in [0.717, 1.165) is 25.7 Å². The maximum atomic E-state index is 11.6. The van der Waals surface area contributed by atoms with Gasteiger partial charge in [0.15, 0.2) is 0 Å². The fourth-order valence-corrected chi connectivity index (χ4v) is 3.94. The Bertz CT molecular complexity index is 530. The molecule has 2 unspecified atom stereocenters. The Morgan fingerprint density at radius 1 is 1.33 bits per heavy atom. The number of hydrogen-bond acceptors (Lipinski definition) is 3. The smallest absolute Gasteiger partial charge is 0.211 e. The topological polar surface area (TPSA) is 57.6 Å². The lowest BCUT2D eigenvalue weighted by molar-refractivity contribution is 0.114. The molecule has 0 aliphatic carbocycles. The van der Waals surface area contributed by atoms with E-state index >= 15 is 0 Å². The van der Waals surface area contributed by atoms with Crippen molar-refractivity contribution in [3.8, 4) is 0 Å². The van der Waals surface area contributed by atoms with E-state index in [-0.39, 0.29) is 12.0 Å². The van der Waals surface area contributed by atoms with Crippen molar-refractivity contribution in [2.24, 2.45) is 5.92 Å². The third-order valence-corrected chi connectivity index (χ3v) is 5.43. The average molecular weight is 311 g/mol. The van der Waals surface area contributed by atoms with Gasteiger partial charge in [0.1, 0.15) is 0 Å². The van der Waals surface area contributed by atoms with Crippen molar-refractivity contribution >= 4 is 10.0 Å². The van der Waals surface area contributed by atoms with Crippen molar-refractivity contribution in [2.45, 2.75) is 38.2 Å². The first kappa shape index (κ1) is 16.5. The molecule has 1 fully saturated rings. The third-order valence-electron chi connectivity index (χ3n) is 4.17. The van der Waals surface area contributed by atoms with Crippen LogP contribution in [0.15, 0.2) is 30.3 Å². The molecule has 0 amide bonds. The highest BCUT2D eigenvalue weighted by Crippen LogP contribution is 2.24. The van der Waals surface area contributed by atoms with Crippen LogP contribution in [0, 0.1) is 5.92 Å². The van der Waals surface area contributed by atoms with Crippen molar-refractivity contribution in [1.29, 1.82) is 0 Å². The Balaban J connectivity index is 1.78. The molecule has 5 heteroatoms. The maximum Gasteiger partial charge on any atom is 0.211 e. The zero-order chi connectivity index (χ0) is 15.3. The second kappa shape index (κ2) is 7.38. The van der Waals surface area contributed by atoms with Crippen molar-refractivity contribution < 1.29 is 13.5 Å². The molecule has 21 heavy (non-hydrogen) atoms. The number of piperidine rings is 1. The van der Waals surface area contributed by atoms with E-state index in [1.54, 1.807) is 4.31 Å². The molecule has 0 radical (unpaired) electrons. The van der Waals surface area contributed by atoms with Crippen LogP contribution in [0.25, 0.3) is 0 Å². The Kier molecular flexibility index (Phi) is 5.79. The summed E-state index contributed by atoms with van der Waals surface area (Å²) in [5.41, 5.74) is 1.23. The highest BCUT2D eigenvalue weighted by molar-refractivity contribution is 7.88. The number of benzene rings is 1. The van der Waals surface area contributed by atoms with Crippen LogP contribution in [0.1, 0.15) is 31.2 Å². The van der Waals surface area contributed by atoms with Crippen LogP contribution in [0.4, 0.5) is 0 Å². The largest absolute Gasteiger partial charge is 0.393 e. The summed E-state index contributed by atoms with van der Waals surface area (Å²) in [7, 11) is -3.10. The van der Waals surface area contributed by atoms with Crippen LogP contribution in [0.3, 0.4) is 0 Å². The fourth-order valence-electron chi connectivity index (χ4n) is 3.00. The normalized spacial score (nSPS) is 22.1. The molecule has 2 atom stereocenters. The van der Waals surface area contributed by atoms with E-state index in [4.69, 9.17) is 0 Å². The number of sulfonamides is 1. The molecule has 2 rings (SSSR count). The van der Waals surface area contributed by atoms with Gasteiger partial charge < -0.3 is 5.11 Å². The first-order valence-corrected chi connectivity index (χ1v) is 9.47. The summed E-state index contributed by atoms with van der Waals surface area (Å²) in [5.74, 6) is 0.277. The number of hydrogen-bond donors (Lipinski definition) is 1. The third kappa shape index (κ3) is 5.41. The quantitative estimate of drug-likeness (QED) is 0.874. The molecule has 0 spiro atoms. The van der Waals surface area contributed by atoms with Gasteiger partial charge in [0.2, 0.25) is 10.0 Å². The van der Waals surface area contributed by atoms with Gasteiger partial charge in [-0.3, -0.25) is 0 Å². The molecule has 0 bridgehead atoms. The molecule has 0 saturated carbocycles. The predicted octanol–water partition coefficient (Wildman–Crippen LogP) is 2.04. The van der Waals surface area contributed by atoms with Crippen LogP contribution in [-0.4, -0.2) is 43.3 Å². The van der Waals surface area contributed by atoms with E-state index < -0.39 is 10.0 Å². The van der Waals surface area contributed by atoms with Gasteiger partial charge in [0.25, 0.3) is 0 Å². The highest BCUT2D eigenvalue weighted by atomic mass is 32.2. The van der Waals surface area contributed by atoms with Crippen LogP contribution < -0.4 is 0 Å². The van der Waals surface area contributed by atoms with E-state index in [9.17, 15) is 13.5 Å². The van der Waals surface area contributed by atoms with Crippen molar-refractivity contribution in [3.63, 3.8) is 0 Å². The molecule has 4 nitrogen and oxygen atoms in total. The Morgan fingerprint density at radius 3 is 2.71 bits per heavy atom. The highest BCUT2D eigenvalue weighted by Gasteiger charge is 2.27. The van der Waals surface area contributed by atoms with Gasteiger partial charge in [0.05, 0.1) is 12.4 Å². The second-order valence-electron chi connectivity index (χ2n) is 6.04. The minimum Gasteiger partial charge on any atom is -0.393 e. The number of aryl methyl sites for hydroxylation is 1. The summed E-state index contributed by atoms with van der Waals surface area (Å²) in [5, 5.41) is 10.2. The Labute approximate surface area is 127 Å². The molecular weight excluding hydrogens is 286 g/mol. The SMILES string of the molecule is CS(=O)(=O)N1CCCC(CC(O)CCc2ccccc2)C1. The van der Waals surface area contributed by atoms with Crippen LogP contribution in [0.5, 0.6) is 0 Å². The number of rotatable bonds is 6. The summed E-state index contributed by atoms with van der Waals surface area (Å²) in [4.78, 5) is 0. The van der Waals surface area contributed by atoms with Crippen molar-refractivity contribution in [2.75, 3.05) is 19.3 Å². The number of aliphatic hydroxyl groups excluding tert-OH is 1. The second-order valence-corrected chi connectivity index (χ2v) is 8.03. The number of nitrogens with zero attached hydrogens (tertiary/aromatic N) is 1. The first-order valence-electron chi connectivity index (χ1n) is 7.62. The zero-order valence-electron chi connectivity index (χ0n) is 12.6. The van der Waals surface area contributed by atoms with Gasteiger partial charge >= 0.3 is 0 Å². The van der Waals surface area contributed by atoms with E-state index in [1.807, 2.05) is 18.2 Å². The van der Waals surface area contributed by atoms with Crippen LogP contribution in [0.2, 0.25) is 0 Å². The monoisotopic (exact) mass is 311 g/mol. The standard InChI is InChI=1S/C16H25NO3S/c1-21(19,20)17-11-5-8-15(13-17)12-16(18)10-9-14-6-3-2-4-7-14/h2-4,6-7,15-16,18H,5,8-13H2,1H3. The van der Waals surface area contributed by atoms with Gasteiger partial charge in [-0.2, -0.15) is 0 Å². The lowest BCUT2D eigenvalue weighted by Gasteiger charge is -2.32. The number of aliphatic hydroxyl groups is 1. The Hall–Kier alpha value is -0.910. The van der Waals surface area contributed by atoms with Crippen LogP contribution in [-0.2, 0) is 16.4 Å². The summed E-state index contributed by atoms with van der Waals surface area (Å²) < 4.78 is 24.7. The predicted molar refractivity (Wildman–Crippen MR) is 84.5 cm³/mol. The molecule has 1 N–H and O–H groups in total. The lowest BCUT2D eigenvalue weighted by Crippen LogP contribution is -2.40. The molecule has 118 valence electrons. The maximum absolute atomic E-state index is 11.6. The van der Waals surface area contributed by atoms with E-state index in [0.29, 0.717) is 19.5 Å². The summed E-state index contributed by atoms with van der Waals surface area (Å²) in [6.45, 7) is 1.18. The average Bonchev–Trinajstić information content (AvgIpc) is 2.46. The van der Waals surface area contributed by atoms with Crippen LogP contribution >= 0.6 is 0 Å². The zero-order valence-corrected chi connectivity index (χ0v) is 13.4. The molecule has 1 aliphatic rings. The fraction of sp³-hybridized carbons (Fsp3) is 0.625. The molecule has 1 heterocycles.